The number of phenolic OH excluding ortho intramolecular Hbond substituents is 1. The maximum Gasteiger partial charge on any atom is 0.121 e. The van der Waals surface area contributed by atoms with Crippen LogP contribution in [0.2, 0.25) is 0 Å². The second-order valence-corrected chi connectivity index (χ2v) is 5.46. The zero-order chi connectivity index (χ0) is 14.8. The van der Waals surface area contributed by atoms with Gasteiger partial charge in [0.1, 0.15) is 5.75 Å². The van der Waals surface area contributed by atoms with Gasteiger partial charge in [0, 0.05) is 17.6 Å². The van der Waals surface area contributed by atoms with Crippen LogP contribution in [0.5, 0.6) is 5.75 Å². The van der Waals surface area contributed by atoms with Crippen LogP contribution in [-0.2, 0) is 6.54 Å². The van der Waals surface area contributed by atoms with Crippen molar-refractivity contribution in [2.24, 2.45) is 0 Å². The summed E-state index contributed by atoms with van der Waals surface area (Å²) < 4.78 is 0. The minimum atomic E-state index is 0.393. The van der Waals surface area contributed by atoms with Gasteiger partial charge >= 0.3 is 0 Å². The van der Waals surface area contributed by atoms with Crippen LogP contribution in [-0.4, -0.2) is 5.11 Å². The predicted molar refractivity (Wildman–Crippen MR) is 88.9 cm³/mol. The zero-order valence-corrected chi connectivity index (χ0v) is 12.4. The van der Waals surface area contributed by atoms with E-state index in [1.165, 1.54) is 16.3 Å². The topological polar surface area (TPSA) is 32.3 Å². The molecule has 2 N–H and O–H groups in total. The van der Waals surface area contributed by atoms with Crippen LogP contribution in [0, 0.1) is 13.8 Å². The van der Waals surface area contributed by atoms with Gasteiger partial charge in [0.05, 0.1) is 0 Å². The second kappa shape index (κ2) is 5.49. The fourth-order valence-electron chi connectivity index (χ4n) is 2.72. The Bertz CT molecular complexity index is 764. The lowest BCUT2D eigenvalue weighted by atomic mass is 10.1. The van der Waals surface area contributed by atoms with E-state index in [2.05, 4.69) is 47.8 Å². The minimum absolute atomic E-state index is 0.393. The fraction of sp³-hybridized carbons (Fsp3) is 0.158. The molecule has 0 saturated carbocycles. The third-order valence-electron chi connectivity index (χ3n) is 3.82. The summed E-state index contributed by atoms with van der Waals surface area (Å²) in [6.45, 7) is 4.61. The molecule has 0 aliphatic rings. The molecular weight excluding hydrogens is 258 g/mol. The molecule has 0 fully saturated rings. The Labute approximate surface area is 125 Å². The Morgan fingerprint density at radius 3 is 2.33 bits per heavy atom. The summed E-state index contributed by atoms with van der Waals surface area (Å²) >= 11 is 0. The van der Waals surface area contributed by atoms with Crippen LogP contribution < -0.4 is 5.32 Å². The Balaban J connectivity index is 1.87. The molecule has 21 heavy (non-hydrogen) atoms. The van der Waals surface area contributed by atoms with Crippen molar-refractivity contribution >= 4 is 16.5 Å². The van der Waals surface area contributed by atoms with Gasteiger partial charge in [-0.2, -0.15) is 0 Å². The van der Waals surface area contributed by atoms with E-state index < -0.39 is 0 Å². The third kappa shape index (κ3) is 2.70. The molecule has 0 heterocycles. The lowest BCUT2D eigenvalue weighted by Gasteiger charge is -2.12. The lowest BCUT2D eigenvalue weighted by molar-refractivity contribution is 0.466. The zero-order valence-electron chi connectivity index (χ0n) is 12.4. The first-order valence-corrected chi connectivity index (χ1v) is 7.16. The van der Waals surface area contributed by atoms with Crippen LogP contribution >= 0.6 is 0 Å². The molecule has 0 aliphatic heterocycles. The van der Waals surface area contributed by atoms with Crippen molar-refractivity contribution in [3.05, 3.63) is 71.3 Å². The maximum atomic E-state index is 9.84. The highest BCUT2D eigenvalue weighted by Crippen LogP contribution is 2.26. The van der Waals surface area contributed by atoms with Gasteiger partial charge in [-0.05, 0) is 42.0 Å². The van der Waals surface area contributed by atoms with Gasteiger partial charge in [-0.1, -0.05) is 48.5 Å². The molecular formula is C19H19NO. The second-order valence-electron chi connectivity index (χ2n) is 5.46. The molecule has 0 aliphatic carbocycles. The Morgan fingerprint density at radius 2 is 1.57 bits per heavy atom. The van der Waals surface area contributed by atoms with E-state index in [4.69, 9.17) is 0 Å². The number of hydrogen-bond donors (Lipinski definition) is 2. The SMILES string of the molecule is Cc1cc(CNc2cccc3ccccc23)cc(C)c1O. The van der Waals surface area contributed by atoms with E-state index >= 15 is 0 Å². The average Bonchev–Trinajstić information content (AvgIpc) is 2.50. The summed E-state index contributed by atoms with van der Waals surface area (Å²) in [5, 5.41) is 15.8. The van der Waals surface area contributed by atoms with Gasteiger partial charge in [0.15, 0.2) is 0 Å². The Hall–Kier alpha value is -2.48. The molecule has 0 radical (unpaired) electrons. The molecule has 0 unspecified atom stereocenters. The van der Waals surface area contributed by atoms with Gasteiger partial charge < -0.3 is 10.4 Å². The highest BCUT2D eigenvalue weighted by Gasteiger charge is 2.04. The molecule has 0 aromatic heterocycles. The molecule has 0 saturated heterocycles. The molecule has 0 atom stereocenters. The first-order valence-electron chi connectivity index (χ1n) is 7.16. The summed E-state index contributed by atoms with van der Waals surface area (Å²) in [6.07, 6.45) is 0. The largest absolute Gasteiger partial charge is 0.507 e. The molecule has 2 nitrogen and oxygen atoms in total. The first kappa shape index (κ1) is 13.5. The van der Waals surface area contributed by atoms with Crippen LogP contribution in [0.3, 0.4) is 0 Å². The van der Waals surface area contributed by atoms with Crippen molar-refractivity contribution < 1.29 is 5.11 Å². The van der Waals surface area contributed by atoms with Gasteiger partial charge in [-0.3, -0.25) is 0 Å². The molecule has 0 bridgehead atoms. The molecule has 3 aromatic carbocycles. The number of rotatable bonds is 3. The number of aryl methyl sites for hydroxylation is 2. The average molecular weight is 277 g/mol. The van der Waals surface area contributed by atoms with Crippen molar-refractivity contribution in [3.63, 3.8) is 0 Å². The first-order chi connectivity index (χ1) is 10.1. The van der Waals surface area contributed by atoms with E-state index in [1.54, 1.807) is 0 Å². The lowest BCUT2D eigenvalue weighted by Crippen LogP contribution is -2.01. The third-order valence-corrected chi connectivity index (χ3v) is 3.82. The Kier molecular flexibility index (Phi) is 3.53. The summed E-state index contributed by atoms with van der Waals surface area (Å²) in [5.41, 5.74) is 4.15. The molecule has 2 heteroatoms. The molecule has 106 valence electrons. The van der Waals surface area contributed by atoms with Crippen molar-refractivity contribution in [1.29, 1.82) is 0 Å². The molecule has 0 amide bonds. The van der Waals surface area contributed by atoms with E-state index in [0.717, 1.165) is 23.4 Å². The van der Waals surface area contributed by atoms with Crippen molar-refractivity contribution in [2.45, 2.75) is 20.4 Å². The normalized spacial score (nSPS) is 10.8. The van der Waals surface area contributed by atoms with E-state index in [-0.39, 0.29) is 0 Å². The van der Waals surface area contributed by atoms with Crippen LogP contribution in [0.1, 0.15) is 16.7 Å². The molecule has 3 aromatic rings. The van der Waals surface area contributed by atoms with Gasteiger partial charge in [0.2, 0.25) is 0 Å². The number of aromatic hydroxyl groups is 1. The van der Waals surface area contributed by atoms with Gasteiger partial charge in [-0.15, -0.1) is 0 Å². The maximum absolute atomic E-state index is 9.84. The number of hydrogen-bond acceptors (Lipinski definition) is 2. The fourth-order valence-corrected chi connectivity index (χ4v) is 2.72. The number of phenols is 1. The quantitative estimate of drug-likeness (QED) is 0.722. The summed E-state index contributed by atoms with van der Waals surface area (Å²) in [4.78, 5) is 0. The minimum Gasteiger partial charge on any atom is -0.507 e. The number of nitrogens with one attached hydrogen (secondary N) is 1. The van der Waals surface area contributed by atoms with Gasteiger partial charge in [0.25, 0.3) is 0 Å². The van der Waals surface area contributed by atoms with Crippen molar-refractivity contribution in [1.82, 2.24) is 0 Å². The van der Waals surface area contributed by atoms with Gasteiger partial charge in [-0.25, -0.2) is 0 Å². The number of benzene rings is 3. The van der Waals surface area contributed by atoms with Crippen molar-refractivity contribution in [2.75, 3.05) is 5.32 Å². The Morgan fingerprint density at radius 1 is 0.905 bits per heavy atom. The monoisotopic (exact) mass is 277 g/mol. The highest BCUT2D eigenvalue weighted by atomic mass is 16.3. The van der Waals surface area contributed by atoms with E-state index in [1.807, 2.05) is 26.0 Å². The summed E-state index contributed by atoms with van der Waals surface area (Å²) in [5.74, 6) is 0.393. The molecule has 0 spiro atoms. The molecule has 3 rings (SSSR count). The highest BCUT2D eigenvalue weighted by molar-refractivity contribution is 5.93. The number of anilines is 1. The summed E-state index contributed by atoms with van der Waals surface area (Å²) in [7, 11) is 0. The van der Waals surface area contributed by atoms with E-state index in [9.17, 15) is 5.11 Å². The smallest absolute Gasteiger partial charge is 0.121 e. The predicted octanol–water partition coefficient (Wildman–Crippen LogP) is 4.77. The number of fused-ring (bicyclic) bond motifs is 1. The van der Waals surface area contributed by atoms with Crippen molar-refractivity contribution in [3.8, 4) is 5.75 Å². The standard InChI is InChI=1S/C19H19NO/c1-13-10-15(11-14(2)19(13)21)12-20-18-9-5-7-16-6-3-4-8-17(16)18/h3-11,20-21H,12H2,1-2H3. The van der Waals surface area contributed by atoms with Crippen LogP contribution in [0.25, 0.3) is 10.8 Å². The van der Waals surface area contributed by atoms with Crippen LogP contribution in [0.4, 0.5) is 5.69 Å². The van der Waals surface area contributed by atoms with Crippen LogP contribution in [0.15, 0.2) is 54.6 Å². The summed E-state index contributed by atoms with van der Waals surface area (Å²) in [6, 6.07) is 18.7. The van der Waals surface area contributed by atoms with E-state index in [0.29, 0.717) is 5.75 Å².